The van der Waals surface area contributed by atoms with Crippen molar-refractivity contribution in [3.05, 3.63) is 60.8 Å². The highest BCUT2D eigenvalue weighted by Crippen LogP contribution is 2.66. The standard InChI is InChI=1S/C16H24O2.C15H19NO2.C14H20O3.C11H18O2.C8H10O4/c1-4-16(18-15(17)10(2)3)13-6-11-5-12(8-13)9-14(16)7-11;1-7(2)14(17)16-13-11-6-10(12(13)15(16)18)8-4-3-5-9(8)11;1-9(2)12(15)17-14-6-10-3-11(7-14)5-13(16,4-10)8-14;1-4-11(7-5-6-8-11)13-10(12)9(2)3;1-5(2)7(9)12-6-3-4-11-8(6)10/h11-14H,2,4-9H2,1,3H3;8-13H,1,3-6H2,2H3;10-11,16H,1,3-8H2,2H3;2,4-8H2,1,3H3;6H,1,3-4H2,2H3. The fraction of sp³-hybridized carbons (Fsp3) is 0.734. The van der Waals surface area contributed by atoms with Crippen molar-refractivity contribution in [3.8, 4) is 0 Å². The van der Waals surface area contributed by atoms with E-state index in [-0.39, 0.29) is 58.5 Å². The second kappa shape index (κ2) is 23.3. The fourth-order valence-electron chi connectivity index (χ4n) is 17.7. The van der Waals surface area contributed by atoms with E-state index in [1.807, 2.05) is 0 Å². The number of β-lactam (4-membered cyclic amide) rings is 1. The van der Waals surface area contributed by atoms with Crippen LogP contribution in [0.2, 0.25) is 0 Å². The van der Waals surface area contributed by atoms with Crippen LogP contribution in [0.1, 0.15) is 190 Å². The van der Waals surface area contributed by atoms with Crippen molar-refractivity contribution in [1.29, 1.82) is 0 Å². The molecule has 10 bridgehead atoms. The van der Waals surface area contributed by atoms with Crippen LogP contribution in [0.5, 0.6) is 0 Å². The smallest absolute Gasteiger partial charge is 0.347 e. The number of imide groups is 1. The average Bonchev–Trinajstić information content (AvgIpc) is 4.15. The van der Waals surface area contributed by atoms with Crippen LogP contribution in [0.4, 0.5) is 0 Å². The van der Waals surface area contributed by atoms with E-state index in [0.717, 1.165) is 75.0 Å². The van der Waals surface area contributed by atoms with Crippen molar-refractivity contribution in [1.82, 2.24) is 4.90 Å². The molecular formula is C64H91NO13. The SMILES string of the molecule is C=C(C)C(=O)N1C(=O)C2C3CC(C4CCCC43)C21.C=C(C)C(=O)OC1(CC)C2CC3CC(C2)CC1C3.C=C(C)C(=O)OC1(CC)CCCC1.C=C(C)C(=O)OC12CC3CC(CC(O)(C3)C1)C2.C=C(C)C(=O)OC1CCOC1=O. The molecule has 9 unspecified atom stereocenters. The number of hydrogen-bond acceptors (Lipinski definition) is 13. The Hall–Kier alpha value is -4.85. The molecule has 2 aliphatic heterocycles. The number of likely N-dealkylation sites (tertiary alicyclic amines) is 1. The van der Waals surface area contributed by atoms with Crippen LogP contribution in [0.15, 0.2) is 60.8 Å². The molecule has 14 rings (SSSR count). The van der Waals surface area contributed by atoms with Crippen LogP contribution in [0.25, 0.3) is 0 Å². The van der Waals surface area contributed by atoms with Gasteiger partial charge in [0, 0.05) is 40.7 Å². The van der Waals surface area contributed by atoms with Crippen LogP contribution in [0, 0.1) is 65.1 Å². The van der Waals surface area contributed by atoms with Gasteiger partial charge in [-0.25, -0.2) is 24.0 Å². The van der Waals surface area contributed by atoms with E-state index in [0.29, 0.717) is 77.2 Å². The minimum absolute atomic E-state index is 0.0888. The van der Waals surface area contributed by atoms with Gasteiger partial charge < -0.3 is 28.8 Å². The Balaban J connectivity index is 0.000000130. The molecule has 9 atom stereocenters. The average molecular weight is 1080 g/mol. The molecule has 1 N–H and O–H groups in total. The molecule has 430 valence electrons. The summed E-state index contributed by atoms with van der Waals surface area (Å²) >= 11 is 0. The largest absolute Gasteiger partial charge is 0.463 e. The lowest BCUT2D eigenvalue weighted by molar-refractivity contribution is -0.217. The highest BCUT2D eigenvalue weighted by atomic mass is 16.6. The van der Waals surface area contributed by atoms with Crippen LogP contribution < -0.4 is 0 Å². The number of nitrogens with zero attached hydrogens (tertiary/aromatic N) is 1. The Labute approximate surface area is 463 Å². The molecule has 14 aliphatic rings. The molecule has 14 fully saturated rings. The number of rotatable bonds is 11. The van der Waals surface area contributed by atoms with E-state index in [1.165, 1.54) is 88.9 Å². The third-order valence-electron chi connectivity index (χ3n) is 20.6. The van der Waals surface area contributed by atoms with Gasteiger partial charge in [0.2, 0.25) is 12.0 Å². The summed E-state index contributed by atoms with van der Waals surface area (Å²) in [7, 11) is 0. The summed E-state index contributed by atoms with van der Waals surface area (Å²) in [6.45, 7) is 31.0. The van der Waals surface area contributed by atoms with Gasteiger partial charge in [-0.1, -0.05) is 53.2 Å². The van der Waals surface area contributed by atoms with Crippen molar-refractivity contribution in [3.63, 3.8) is 0 Å². The molecule has 2 amide bonds. The van der Waals surface area contributed by atoms with E-state index < -0.39 is 29.2 Å². The Morgan fingerprint density at radius 3 is 1.58 bits per heavy atom. The predicted molar refractivity (Wildman–Crippen MR) is 293 cm³/mol. The summed E-state index contributed by atoms with van der Waals surface area (Å²) in [4.78, 5) is 82.6. The first-order valence-electron chi connectivity index (χ1n) is 29.7. The van der Waals surface area contributed by atoms with Gasteiger partial charge in [0.25, 0.3) is 5.91 Å². The molecule has 2 heterocycles. The van der Waals surface area contributed by atoms with Gasteiger partial charge in [-0.05, 0) is 216 Å². The first kappa shape index (κ1) is 59.3. The first-order chi connectivity index (χ1) is 36.8. The van der Waals surface area contributed by atoms with Gasteiger partial charge in [0.15, 0.2) is 0 Å². The van der Waals surface area contributed by atoms with Crippen LogP contribution in [0.3, 0.4) is 0 Å². The number of esters is 5. The van der Waals surface area contributed by atoms with Crippen molar-refractivity contribution >= 4 is 41.7 Å². The van der Waals surface area contributed by atoms with E-state index in [1.54, 1.807) is 27.7 Å². The number of amides is 2. The molecular weight excluding hydrogens is 991 g/mol. The molecule has 12 aliphatic carbocycles. The maximum Gasteiger partial charge on any atom is 0.347 e. The number of aliphatic hydroxyl groups is 1. The highest BCUT2D eigenvalue weighted by molar-refractivity contribution is 6.09. The molecule has 0 aromatic carbocycles. The van der Waals surface area contributed by atoms with E-state index in [9.17, 15) is 38.7 Å². The van der Waals surface area contributed by atoms with Gasteiger partial charge in [-0.3, -0.25) is 14.5 Å². The number of carbonyl (C=O) groups excluding carboxylic acids is 7. The van der Waals surface area contributed by atoms with Gasteiger partial charge in [-0.15, -0.1) is 0 Å². The zero-order chi connectivity index (χ0) is 56.8. The molecule has 14 heteroatoms. The minimum atomic E-state index is -0.728. The third-order valence-corrected chi connectivity index (χ3v) is 20.6. The molecule has 14 nitrogen and oxygen atoms in total. The molecule has 78 heavy (non-hydrogen) atoms. The highest BCUT2D eigenvalue weighted by Gasteiger charge is 2.70. The summed E-state index contributed by atoms with van der Waals surface area (Å²) in [5.41, 5.74) is 0.972. The number of hydrogen-bond donors (Lipinski definition) is 1. The Bertz CT molecular complexity index is 2400. The Morgan fingerprint density at radius 1 is 0.590 bits per heavy atom. The van der Waals surface area contributed by atoms with Crippen molar-refractivity contribution < 1.29 is 62.4 Å². The number of fused-ring (bicyclic) bond motifs is 8. The number of cyclic esters (lactones) is 1. The van der Waals surface area contributed by atoms with E-state index in [2.05, 4.69) is 51.5 Å². The zero-order valence-corrected chi connectivity index (χ0v) is 48.1. The lowest BCUT2D eigenvalue weighted by Gasteiger charge is -2.60. The quantitative estimate of drug-likeness (QED) is 0.0891. The second-order valence-electron chi connectivity index (χ2n) is 26.5. The normalized spacial score (nSPS) is 38.3. The van der Waals surface area contributed by atoms with Crippen LogP contribution in [-0.4, -0.2) is 92.8 Å². The topological polar surface area (TPSA) is 189 Å². The van der Waals surface area contributed by atoms with Gasteiger partial charge in [0.05, 0.1) is 24.2 Å². The maximum atomic E-state index is 12.2. The molecule has 0 aromatic heterocycles. The van der Waals surface area contributed by atoms with Gasteiger partial charge >= 0.3 is 29.8 Å². The Morgan fingerprint density at radius 2 is 1.10 bits per heavy atom. The molecule has 0 radical (unpaired) electrons. The summed E-state index contributed by atoms with van der Waals surface area (Å²) in [6.07, 6.45) is 23.2. The summed E-state index contributed by atoms with van der Waals surface area (Å²) < 4.78 is 26.5. The first-order valence-corrected chi connectivity index (χ1v) is 29.7. The number of ether oxygens (including phenoxy) is 5. The predicted octanol–water partition coefficient (Wildman–Crippen LogP) is 11.1. The molecule has 0 aromatic rings. The molecule has 12 saturated carbocycles. The summed E-state index contributed by atoms with van der Waals surface area (Å²) in [6, 6.07) is 0.228. The maximum absolute atomic E-state index is 12.2. The van der Waals surface area contributed by atoms with Crippen molar-refractivity contribution in [2.45, 2.75) is 224 Å². The van der Waals surface area contributed by atoms with Crippen LogP contribution in [-0.2, 0) is 57.2 Å². The lowest BCUT2D eigenvalue weighted by atomic mass is 9.49. The Kier molecular flexibility index (Phi) is 17.7. The van der Waals surface area contributed by atoms with Gasteiger partial charge in [0.1, 0.15) is 16.8 Å². The van der Waals surface area contributed by atoms with Crippen LogP contribution >= 0.6 is 0 Å². The lowest BCUT2D eigenvalue weighted by Crippen LogP contribution is -2.67. The minimum Gasteiger partial charge on any atom is -0.463 e. The van der Waals surface area contributed by atoms with E-state index >= 15 is 0 Å². The van der Waals surface area contributed by atoms with Crippen molar-refractivity contribution in [2.75, 3.05) is 6.61 Å². The van der Waals surface area contributed by atoms with Gasteiger partial charge in [-0.2, -0.15) is 0 Å². The summed E-state index contributed by atoms with van der Waals surface area (Å²) in [5.74, 6) is 5.34. The summed E-state index contributed by atoms with van der Waals surface area (Å²) in [5, 5.41) is 10.5. The third kappa shape index (κ3) is 12.0. The van der Waals surface area contributed by atoms with E-state index in [4.69, 9.17) is 18.9 Å². The van der Waals surface area contributed by atoms with Crippen molar-refractivity contribution in [2.24, 2.45) is 65.1 Å². The fourth-order valence-corrected chi connectivity index (χ4v) is 17.7. The molecule has 2 saturated heterocycles. The zero-order valence-electron chi connectivity index (χ0n) is 48.1. The second-order valence-corrected chi connectivity index (χ2v) is 26.5. The number of carbonyl (C=O) groups is 7. The monoisotopic (exact) mass is 1080 g/mol. The molecule has 0 spiro atoms.